The van der Waals surface area contributed by atoms with E-state index in [-0.39, 0.29) is 0 Å². The molecule has 0 spiro atoms. The summed E-state index contributed by atoms with van der Waals surface area (Å²) in [4.78, 5) is 14.2. The number of fused-ring (bicyclic) bond motifs is 4. The fourth-order valence-electron chi connectivity index (χ4n) is 8.50. The second-order valence-corrected chi connectivity index (χ2v) is 15.1. The summed E-state index contributed by atoms with van der Waals surface area (Å²) in [6.07, 6.45) is 26.1. The number of rotatable bonds is 12. The van der Waals surface area contributed by atoms with Gasteiger partial charge in [-0.1, -0.05) is 153 Å². The summed E-state index contributed by atoms with van der Waals surface area (Å²) in [6.45, 7) is 10.8. The van der Waals surface area contributed by atoms with Crippen molar-refractivity contribution in [3.63, 3.8) is 0 Å². The highest BCUT2D eigenvalue weighted by Crippen LogP contribution is 2.43. The van der Waals surface area contributed by atoms with Gasteiger partial charge in [-0.05, 0) is 126 Å². The van der Waals surface area contributed by atoms with Crippen LogP contribution in [-0.4, -0.2) is 23.0 Å². The van der Waals surface area contributed by atoms with Crippen molar-refractivity contribution in [1.82, 2.24) is 4.57 Å². The van der Waals surface area contributed by atoms with E-state index in [1.54, 1.807) is 0 Å². The number of nitrogens with zero attached hydrogens (tertiary/aromatic N) is 4. The molecular weight excluding hydrogens is 741 g/mol. The summed E-state index contributed by atoms with van der Waals surface area (Å²) in [7, 11) is 0. The van der Waals surface area contributed by atoms with Gasteiger partial charge in [0.05, 0.1) is 17.6 Å². The molecule has 6 aromatic rings. The van der Waals surface area contributed by atoms with Crippen LogP contribution in [0.1, 0.15) is 70.5 Å². The molecule has 0 bridgehead atoms. The molecule has 0 saturated carbocycles. The van der Waals surface area contributed by atoms with Gasteiger partial charge in [0.1, 0.15) is 0 Å². The van der Waals surface area contributed by atoms with Gasteiger partial charge in [0.25, 0.3) is 0 Å². The van der Waals surface area contributed by atoms with Gasteiger partial charge in [0.2, 0.25) is 0 Å². The zero-order valence-electron chi connectivity index (χ0n) is 35.1. The molecule has 2 aliphatic carbocycles. The Balaban J connectivity index is 1.12. The Labute approximate surface area is 360 Å². The molecule has 4 nitrogen and oxygen atoms in total. The Hall–Kier alpha value is -7.53. The lowest BCUT2D eigenvalue weighted by Gasteiger charge is -2.15. The fraction of sp³-hybridized carbons (Fsp3) is 0.140. The van der Waals surface area contributed by atoms with Crippen LogP contribution in [0.3, 0.4) is 0 Å². The van der Waals surface area contributed by atoms with Gasteiger partial charge >= 0.3 is 0 Å². The molecule has 0 atom stereocenters. The van der Waals surface area contributed by atoms with Crippen molar-refractivity contribution in [2.24, 2.45) is 15.0 Å². The number of benzene rings is 5. The third-order valence-electron chi connectivity index (χ3n) is 11.4. The molecule has 2 aliphatic rings. The lowest BCUT2D eigenvalue weighted by Crippen LogP contribution is -2.06. The Morgan fingerprint density at radius 2 is 1.74 bits per heavy atom. The van der Waals surface area contributed by atoms with E-state index in [2.05, 4.69) is 158 Å². The highest BCUT2D eigenvalue weighted by atomic mass is 15.0. The second-order valence-electron chi connectivity index (χ2n) is 15.1. The molecule has 0 N–H and O–H groups in total. The number of aryl methyl sites for hydroxylation is 1. The van der Waals surface area contributed by atoms with Crippen LogP contribution < -0.4 is 0 Å². The van der Waals surface area contributed by atoms with Crippen molar-refractivity contribution in [3.05, 3.63) is 219 Å². The molecule has 0 fully saturated rings. The maximum Gasteiger partial charge on any atom is 0.165 e. The van der Waals surface area contributed by atoms with Crippen molar-refractivity contribution < 1.29 is 0 Å². The minimum atomic E-state index is 0.427. The highest BCUT2D eigenvalue weighted by Gasteiger charge is 2.24. The van der Waals surface area contributed by atoms with Crippen LogP contribution in [0.25, 0.3) is 39.4 Å². The van der Waals surface area contributed by atoms with Crippen LogP contribution in [0.2, 0.25) is 0 Å². The standard InChI is InChI=1S/C57H48N4/c1-6-9-30-50-51-31-16-17-34-54(51)61(53(50)8-3)47-36-35-44-37-45-28-20-33-49(55(45)52(44)38-47)41(21-7-2)27-19-32-48-40(4)22-18-29-46(48)39-59-57(43-25-14-11-15-26-43)60-56(58-5)42-23-12-10-13-24-42/h2,9-14,16-25,27-31,33-36,38H,5-6,8,32,37,39H2,1,3-4H3/b27-19-,30-9-,41-21+,59-57?,60-56?. The number of aromatic nitrogens is 1. The molecule has 61 heavy (non-hydrogen) atoms. The first-order chi connectivity index (χ1) is 30.0. The van der Waals surface area contributed by atoms with E-state index in [0.717, 1.165) is 47.1 Å². The average Bonchev–Trinajstić information content (AvgIpc) is 3.84. The Morgan fingerprint density at radius 1 is 0.902 bits per heavy atom. The molecule has 296 valence electrons. The molecule has 8 rings (SSSR count). The predicted molar refractivity (Wildman–Crippen MR) is 259 cm³/mol. The smallest absolute Gasteiger partial charge is 0.165 e. The van der Waals surface area contributed by atoms with Gasteiger partial charge in [0, 0.05) is 27.9 Å². The van der Waals surface area contributed by atoms with Crippen LogP contribution in [0, 0.1) is 19.3 Å². The summed E-state index contributed by atoms with van der Waals surface area (Å²) < 4.78 is 2.46. The molecule has 1 aromatic heterocycles. The first kappa shape index (κ1) is 40.3. The molecule has 5 aromatic carbocycles. The molecular formula is C57H48N4. The fourth-order valence-corrected chi connectivity index (χ4v) is 8.50. The zero-order chi connectivity index (χ0) is 42.1. The van der Waals surface area contributed by atoms with Gasteiger partial charge in [-0.3, -0.25) is 4.99 Å². The van der Waals surface area contributed by atoms with Crippen molar-refractivity contribution in [2.45, 2.75) is 53.0 Å². The number of allylic oxidation sites excluding steroid dienone is 7. The first-order valence-corrected chi connectivity index (χ1v) is 21.0. The molecule has 0 radical (unpaired) electrons. The van der Waals surface area contributed by atoms with Crippen molar-refractivity contribution in [2.75, 3.05) is 0 Å². The summed E-state index contributed by atoms with van der Waals surface area (Å²) in [5, 5.41) is 1.28. The summed E-state index contributed by atoms with van der Waals surface area (Å²) in [5.41, 5.74) is 23.7. The molecule has 0 amide bonds. The van der Waals surface area contributed by atoms with Gasteiger partial charge in [-0.15, -0.1) is 6.42 Å². The van der Waals surface area contributed by atoms with Crippen molar-refractivity contribution >= 4 is 40.9 Å². The van der Waals surface area contributed by atoms with E-state index in [9.17, 15) is 0 Å². The maximum absolute atomic E-state index is 6.05. The van der Waals surface area contributed by atoms with Crippen molar-refractivity contribution in [3.8, 4) is 29.2 Å². The van der Waals surface area contributed by atoms with Crippen LogP contribution in [0.4, 0.5) is 0 Å². The first-order valence-electron chi connectivity index (χ1n) is 21.0. The van der Waals surface area contributed by atoms with Crippen LogP contribution >= 0.6 is 0 Å². The second kappa shape index (κ2) is 18.6. The largest absolute Gasteiger partial charge is 0.313 e. The lowest BCUT2D eigenvalue weighted by molar-refractivity contribution is 0.956. The van der Waals surface area contributed by atoms with Crippen LogP contribution in [0.5, 0.6) is 0 Å². The number of amidine groups is 2. The van der Waals surface area contributed by atoms with E-state index in [4.69, 9.17) is 16.4 Å². The third-order valence-corrected chi connectivity index (χ3v) is 11.4. The van der Waals surface area contributed by atoms with Gasteiger partial charge in [-0.2, -0.15) is 0 Å². The Morgan fingerprint density at radius 3 is 2.52 bits per heavy atom. The predicted octanol–water partition coefficient (Wildman–Crippen LogP) is 13.2. The third kappa shape index (κ3) is 8.36. The Kier molecular flexibility index (Phi) is 12.3. The monoisotopic (exact) mass is 788 g/mol. The number of hydrogen-bond acceptors (Lipinski definition) is 1. The highest BCUT2D eigenvalue weighted by molar-refractivity contribution is 6.13. The number of para-hydroxylation sites is 1. The molecule has 1 heterocycles. The van der Waals surface area contributed by atoms with E-state index in [1.165, 1.54) is 61.2 Å². The number of aliphatic imine (C=N–C) groups is 3. The molecule has 0 aliphatic heterocycles. The molecule has 0 unspecified atom stereocenters. The maximum atomic E-state index is 6.05. The molecule has 4 heteroatoms. The normalized spacial score (nSPS) is 13.6. The number of hydrogen-bond donors (Lipinski definition) is 0. The zero-order valence-corrected chi connectivity index (χ0v) is 35.1. The van der Waals surface area contributed by atoms with E-state index >= 15 is 0 Å². The van der Waals surface area contributed by atoms with Gasteiger partial charge < -0.3 is 4.57 Å². The number of terminal acetylenes is 1. The lowest BCUT2D eigenvalue weighted by atomic mass is 9.92. The van der Waals surface area contributed by atoms with Crippen LogP contribution in [-0.2, 0) is 25.8 Å². The quantitative estimate of drug-likeness (QED) is 0.0389. The van der Waals surface area contributed by atoms with E-state index in [0.29, 0.717) is 24.6 Å². The van der Waals surface area contributed by atoms with Gasteiger partial charge in [-0.25, -0.2) is 9.98 Å². The average molecular weight is 789 g/mol. The summed E-state index contributed by atoms with van der Waals surface area (Å²) >= 11 is 0. The van der Waals surface area contributed by atoms with Gasteiger partial charge in [0.15, 0.2) is 11.7 Å². The summed E-state index contributed by atoms with van der Waals surface area (Å²) in [6, 6.07) is 38.6. The van der Waals surface area contributed by atoms with Crippen molar-refractivity contribution in [1.29, 1.82) is 0 Å². The van der Waals surface area contributed by atoms with E-state index in [1.807, 2.05) is 54.6 Å². The summed E-state index contributed by atoms with van der Waals surface area (Å²) in [5.74, 6) is 3.88. The Bertz CT molecular complexity index is 3010. The van der Waals surface area contributed by atoms with Crippen LogP contribution in [0.15, 0.2) is 184 Å². The topological polar surface area (TPSA) is 42.0 Å². The molecule has 0 saturated heterocycles. The minimum absolute atomic E-state index is 0.427. The SMILES string of the molecule is C#C/C=C(\C=C/Cc1c(C)cccc1CN=C(N=C(N=C)c1ccccc1)C1=C=C=CC=C1)c1cccc2c1-c1cc(-n3c(CC)c(/C=C\CC)c4ccccc43)ccc1C2. The minimum Gasteiger partial charge on any atom is -0.313 e. The van der Waals surface area contributed by atoms with E-state index < -0.39 is 0 Å².